The number of morpholine rings is 1. The van der Waals surface area contributed by atoms with E-state index in [1.165, 1.54) is 0 Å². The lowest BCUT2D eigenvalue weighted by Gasteiger charge is -2.30. The smallest absolute Gasteiger partial charge is 0.213 e. The molecule has 3 rings (SSSR count). The quantitative estimate of drug-likeness (QED) is 0.807. The number of pyridine rings is 1. The van der Waals surface area contributed by atoms with E-state index < -0.39 is 0 Å². The summed E-state index contributed by atoms with van der Waals surface area (Å²) in [6.07, 6.45) is 4.26. The van der Waals surface area contributed by atoms with E-state index in [2.05, 4.69) is 10.3 Å². The Hall–Kier alpha value is -1.13. The zero-order chi connectivity index (χ0) is 10.8. The van der Waals surface area contributed by atoms with Crippen LogP contribution in [0, 0.1) is 0 Å². The van der Waals surface area contributed by atoms with E-state index in [-0.39, 0.29) is 12.2 Å². The fraction of sp³-hybridized carbons (Fsp3) is 0.583. The second-order valence-corrected chi connectivity index (χ2v) is 4.30. The molecule has 0 radical (unpaired) electrons. The predicted molar refractivity (Wildman–Crippen MR) is 59.4 cm³/mol. The van der Waals surface area contributed by atoms with Gasteiger partial charge < -0.3 is 14.8 Å². The highest BCUT2D eigenvalue weighted by atomic mass is 16.5. The Labute approximate surface area is 95.0 Å². The van der Waals surface area contributed by atoms with Crippen LogP contribution in [0.15, 0.2) is 24.4 Å². The fourth-order valence-electron chi connectivity index (χ4n) is 2.51. The molecular weight excluding hydrogens is 204 g/mol. The summed E-state index contributed by atoms with van der Waals surface area (Å²) in [5.74, 6) is 0.697. The second-order valence-electron chi connectivity index (χ2n) is 4.30. The van der Waals surface area contributed by atoms with Gasteiger partial charge in [-0.15, -0.1) is 0 Å². The molecule has 0 unspecified atom stereocenters. The van der Waals surface area contributed by atoms with E-state index in [0.717, 1.165) is 26.0 Å². The zero-order valence-corrected chi connectivity index (χ0v) is 9.13. The van der Waals surface area contributed by atoms with E-state index in [1.54, 1.807) is 6.20 Å². The number of aromatic nitrogens is 1. The van der Waals surface area contributed by atoms with Gasteiger partial charge in [0.25, 0.3) is 0 Å². The molecule has 1 aromatic rings. The molecule has 0 aromatic carbocycles. The molecule has 2 aliphatic rings. The molecule has 4 heteroatoms. The van der Waals surface area contributed by atoms with Crippen molar-refractivity contribution in [1.29, 1.82) is 0 Å². The van der Waals surface area contributed by atoms with Crippen molar-refractivity contribution in [3.8, 4) is 5.88 Å². The summed E-state index contributed by atoms with van der Waals surface area (Å²) in [5.41, 5.74) is 0. The zero-order valence-electron chi connectivity index (χ0n) is 9.13. The molecule has 1 N–H and O–H groups in total. The molecule has 4 nitrogen and oxygen atoms in total. The Kier molecular flexibility index (Phi) is 2.76. The van der Waals surface area contributed by atoms with Gasteiger partial charge in [0.1, 0.15) is 12.2 Å². The molecule has 1 aliphatic heterocycles. The topological polar surface area (TPSA) is 43.4 Å². The highest BCUT2D eigenvalue weighted by Crippen LogP contribution is 2.28. The predicted octanol–water partition coefficient (Wildman–Crippen LogP) is 0.980. The third kappa shape index (κ3) is 1.90. The van der Waals surface area contributed by atoms with Crippen LogP contribution >= 0.6 is 0 Å². The van der Waals surface area contributed by atoms with Crippen molar-refractivity contribution in [1.82, 2.24) is 10.3 Å². The first-order valence-electron chi connectivity index (χ1n) is 5.86. The average molecular weight is 220 g/mol. The van der Waals surface area contributed by atoms with E-state index >= 15 is 0 Å². The normalized spacial score (nSPS) is 33.4. The molecule has 1 aliphatic carbocycles. The first-order valence-corrected chi connectivity index (χ1v) is 5.86. The molecule has 1 aromatic heterocycles. The molecule has 0 bridgehead atoms. The maximum absolute atomic E-state index is 5.87. The molecule has 16 heavy (non-hydrogen) atoms. The molecule has 2 fully saturated rings. The summed E-state index contributed by atoms with van der Waals surface area (Å²) in [6, 6.07) is 6.18. The van der Waals surface area contributed by atoms with Crippen molar-refractivity contribution in [2.75, 3.05) is 13.2 Å². The second kappa shape index (κ2) is 4.39. The van der Waals surface area contributed by atoms with Crippen molar-refractivity contribution in [3.05, 3.63) is 24.4 Å². The summed E-state index contributed by atoms with van der Waals surface area (Å²) < 4.78 is 11.6. The monoisotopic (exact) mass is 220 g/mol. The van der Waals surface area contributed by atoms with Crippen LogP contribution in [0.5, 0.6) is 5.88 Å². The van der Waals surface area contributed by atoms with Crippen LogP contribution in [0.1, 0.15) is 12.8 Å². The van der Waals surface area contributed by atoms with Gasteiger partial charge in [0.2, 0.25) is 5.88 Å². The third-order valence-corrected chi connectivity index (χ3v) is 3.25. The summed E-state index contributed by atoms with van der Waals surface area (Å²) in [7, 11) is 0. The first kappa shape index (κ1) is 10.1. The van der Waals surface area contributed by atoms with Crippen molar-refractivity contribution in [2.45, 2.75) is 31.1 Å². The Bertz CT molecular complexity index is 344. The Morgan fingerprint density at radius 3 is 3.25 bits per heavy atom. The average Bonchev–Trinajstić information content (AvgIpc) is 2.74. The van der Waals surface area contributed by atoms with Crippen LogP contribution < -0.4 is 10.1 Å². The number of hydrogen-bond donors (Lipinski definition) is 1. The van der Waals surface area contributed by atoms with Gasteiger partial charge in [0.05, 0.1) is 6.61 Å². The molecular formula is C12H16N2O2. The SMILES string of the molecule is c1ccc(O[C@@H]2CC[C@@H]3NCCO[C@H]32)nc1. The van der Waals surface area contributed by atoms with Crippen LogP contribution in [0.3, 0.4) is 0 Å². The maximum Gasteiger partial charge on any atom is 0.213 e. The van der Waals surface area contributed by atoms with Gasteiger partial charge in [0, 0.05) is 24.8 Å². The number of rotatable bonds is 2. The number of nitrogens with zero attached hydrogens (tertiary/aromatic N) is 1. The lowest BCUT2D eigenvalue weighted by Crippen LogP contribution is -2.49. The Balaban J connectivity index is 1.67. The Morgan fingerprint density at radius 2 is 2.38 bits per heavy atom. The standard InChI is InChI=1S/C12H16N2O2/c1-2-6-14-11(3-1)16-10-5-4-9-12(10)15-8-7-13-9/h1-3,6,9-10,12-13H,4-5,7-8H2/t9-,10+,12+/m0/s1. The van der Waals surface area contributed by atoms with Crippen molar-refractivity contribution in [3.63, 3.8) is 0 Å². The summed E-state index contributed by atoms with van der Waals surface area (Å²) in [4.78, 5) is 4.18. The molecule has 1 saturated heterocycles. The number of ether oxygens (including phenoxy) is 2. The van der Waals surface area contributed by atoms with Gasteiger partial charge in [-0.2, -0.15) is 0 Å². The van der Waals surface area contributed by atoms with E-state index in [1.807, 2.05) is 18.2 Å². The van der Waals surface area contributed by atoms with Crippen LogP contribution in [0.2, 0.25) is 0 Å². The van der Waals surface area contributed by atoms with Gasteiger partial charge in [0.15, 0.2) is 0 Å². The largest absolute Gasteiger partial charge is 0.472 e. The minimum atomic E-state index is 0.146. The lowest BCUT2D eigenvalue weighted by atomic mass is 10.2. The Morgan fingerprint density at radius 1 is 1.38 bits per heavy atom. The molecule has 86 valence electrons. The van der Waals surface area contributed by atoms with Crippen LogP contribution in [0.4, 0.5) is 0 Å². The van der Waals surface area contributed by atoms with Gasteiger partial charge in [-0.05, 0) is 18.9 Å². The number of nitrogens with one attached hydrogen (secondary N) is 1. The van der Waals surface area contributed by atoms with Crippen LogP contribution in [0.25, 0.3) is 0 Å². The number of hydrogen-bond acceptors (Lipinski definition) is 4. The first-order chi connectivity index (χ1) is 7.93. The summed E-state index contributed by atoms with van der Waals surface area (Å²) in [6.45, 7) is 1.74. The molecule has 0 spiro atoms. The van der Waals surface area contributed by atoms with Crippen molar-refractivity contribution >= 4 is 0 Å². The maximum atomic E-state index is 5.87. The minimum absolute atomic E-state index is 0.146. The van der Waals surface area contributed by atoms with E-state index in [9.17, 15) is 0 Å². The van der Waals surface area contributed by atoms with Gasteiger partial charge >= 0.3 is 0 Å². The van der Waals surface area contributed by atoms with Gasteiger partial charge in [-0.1, -0.05) is 6.07 Å². The third-order valence-electron chi connectivity index (χ3n) is 3.25. The molecule has 2 heterocycles. The van der Waals surface area contributed by atoms with Gasteiger partial charge in [-0.3, -0.25) is 0 Å². The summed E-state index contributed by atoms with van der Waals surface area (Å²) in [5, 5.41) is 3.47. The lowest BCUT2D eigenvalue weighted by molar-refractivity contribution is -0.0418. The molecule has 1 saturated carbocycles. The highest BCUT2D eigenvalue weighted by molar-refractivity contribution is 5.11. The number of fused-ring (bicyclic) bond motifs is 1. The molecule has 0 amide bonds. The van der Waals surface area contributed by atoms with Gasteiger partial charge in [-0.25, -0.2) is 4.98 Å². The molecule has 3 atom stereocenters. The minimum Gasteiger partial charge on any atom is -0.472 e. The van der Waals surface area contributed by atoms with Crippen molar-refractivity contribution < 1.29 is 9.47 Å². The van der Waals surface area contributed by atoms with Crippen molar-refractivity contribution in [2.24, 2.45) is 0 Å². The highest BCUT2D eigenvalue weighted by Gasteiger charge is 2.40. The van der Waals surface area contributed by atoms with Crippen LogP contribution in [-0.2, 0) is 4.74 Å². The fourth-order valence-corrected chi connectivity index (χ4v) is 2.51. The van der Waals surface area contributed by atoms with E-state index in [0.29, 0.717) is 11.9 Å². The van der Waals surface area contributed by atoms with Crippen LogP contribution in [-0.4, -0.2) is 36.4 Å². The van der Waals surface area contributed by atoms with E-state index in [4.69, 9.17) is 9.47 Å². The summed E-state index contributed by atoms with van der Waals surface area (Å²) >= 11 is 0.